The molecule has 5 nitrogen and oxygen atoms in total. The lowest BCUT2D eigenvalue weighted by Crippen LogP contribution is -2.15. The van der Waals surface area contributed by atoms with Gasteiger partial charge in [0.1, 0.15) is 5.82 Å². The Labute approximate surface area is 128 Å². The number of sulfonamides is 1. The van der Waals surface area contributed by atoms with Crippen molar-refractivity contribution in [1.29, 1.82) is 0 Å². The number of hydrogen-bond acceptors (Lipinski definition) is 3. The number of benzene rings is 2. The van der Waals surface area contributed by atoms with Gasteiger partial charge in [0.05, 0.1) is 16.1 Å². The number of carboxylic acid groups (broad SMARTS) is 1. The van der Waals surface area contributed by atoms with Crippen LogP contribution >= 0.6 is 15.9 Å². The summed E-state index contributed by atoms with van der Waals surface area (Å²) in [5.41, 5.74) is -0.669. The van der Waals surface area contributed by atoms with Gasteiger partial charge in [-0.3, -0.25) is 4.72 Å². The molecule has 0 aliphatic heterocycles. The molecule has 0 aromatic heterocycles. The first kappa shape index (κ1) is 15.5. The van der Waals surface area contributed by atoms with Gasteiger partial charge in [0.25, 0.3) is 10.0 Å². The maximum atomic E-state index is 13.2. The molecule has 0 heterocycles. The van der Waals surface area contributed by atoms with Gasteiger partial charge in [0.2, 0.25) is 0 Å². The van der Waals surface area contributed by atoms with Gasteiger partial charge in [0.15, 0.2) is 0 Å². The summed E-state index contributed by atoms with van der Waals surface area (Å²) < 4.78 is 40.2. The molecule has 2 N–H and O–H groups in total. The maximum absolute atomic E-state index is 13.2. The Balaban J connectivity index is 2.46. The van der Waals surface area contributed by atoms with Crippen molar-refractivity contribution in [3.05, 3.63) is 58.3 Å². The van der Waals surface area contributed by atoms with Crippen molar-refractivity contribution in [2.24, 2.45) is 0 Å². The van der Waals surface area contributed by atoms with Crippen molar-refractivity contribution >= 4 is 37.6 Å². The molecule has 0 saturated heterocycles. The van der Waals surface area contributed by atoms with Crippen molar-refractivity contribution in [2.75, 3.05) is 4.72 Å². The smallest absolute Gasteiger partial charge is 0.337 e. The second-order valence-corrected chi connectivity index (χ2v) is 6.66. The van der Waals surface area contributed by atoms with Gasteiger partial charge in [-0.05, 0) is 36.4 Å². The maximum Gasteiger partial charge on any atom is 0.337 e. The van der Waals surface area contributed by atoms with Crippen molar-refractivity contribution in [3.63, 3.8) is 0 Å². The van der Waals surface area contributed by atoms with Crippen molar-refractivity contribution < 1.29 is 22.7 Å². The zero-order valence-corrected chi connectivity index (χ0v) is 12.8. The van der Waals surface area contributed by atoms with E-state index >= 15 is 0 Å². The average molecular weight is 374 g/mol. The second kappa shape index (κ2) is 5.82. The van der Waals surface area contributed by atoms with Gasteiger partial charge in [-0.15, -0.1) is 0 Å². The van der Waals surface area contributed by atoms with Gasteiger partial charge in [0, 0.05) is 4.47 Å². The Morgan fingerprint density at radius 3 is 2.52 bits per heavy atom. The Morgan fingerprint density at radius 2 is 1.90 bits per heavy atom. The van der Waals surface area contributed by atoms with E-state index in [0.717, 1.165) is 18.2 Å². The second-order valence-electron chi connectivity index (χ2n) is 4.06. The summed E-state index contributed by atoms with van der Waals surface area (Å²) in [6, 6.07) is 8.61. The molecule has 0 fully saturated rings. The van der Waals surface area contributed by atoms with E-state index in [1.54, 1.807) is 6.07 Å². The Kier molecular flexibility index (Phi) is 4.29. The average Bonchev–Trinajstić information content (AvgIpc) is 2.38. The van der Waals surface area contributed by atoms with Crippen LogP contribution in [0.5, 0.6) is 0 Å². The number of anilines is 1. The van der Waals surface area contributed by atoms with E-state index in [1.807, 2.05) is 0 Å². The van der Waals surface area contributed by atoms with Gasteiger partial charge in [-0.25, -0.2) is 17.6 Å². The molecule has 8 heteroatoms. The quantitative estimate of drug-likeness (QED) is 0.862. The van der Waals surface area contributed by atoms with Crippen LogP contribution in [-0.4, -0.2) is 19.5 Å². The third-order valence-electron chi connectivity index (χ3n) is 2.56. The SMILES string of the molecule is O=C(O)c1ccc(F)cc1NS(=O)(=O)c1cccc(Br)c1. The molecule has 0 aliphatic rings. The third kappa shape index (κ3) is 3.59. The zero-order chi connectivity index (χ0) is 15.6. The fraction of sp³-hybridized carbons (Fsp3) is 0. The molecule has 0 unspecified atom stereocenters. The van der Waals surface area contributed by atoms with Crippen LogP contribution in [0.25, 0.3) is 0 Å². The normalized spacial score (nSPS) is 11.1. The number of carbonyl (C=O) groups is 1. The van der Waals surface area contributed by atoms with E-state index in [9.17, 15) is 17.6 Å². The molecule has 0 bridgehead atoms. The largest absolute Gasteiger partial charge is 0.478 e. The highest BCUT2D eigenvalue weighted by Gasteiger charge is 2.19. The van der Waals surface area contributed by atoms with E-state index in [1.165, 1.54) is 18.2 Å². The monoisotopic (exact) mass is 373 g/mol. The molecule has 0 radical (unpaired) electrons. The summed E-state index contributed by atoms with van der Waals surface area (Å²) in [6.45, 7) is 0. The van der Waals surface area contributed by atoms with Crippen LogP contribution in [0.1, 0.15) is 10.4 Å². The number of carboxylic acids is 1. The predicted octanol–water partition coefficient (Wildman–Crippen LogP) is 3.09. The lowest BCUT2D eigenvalue weighted by Gasteiger charge is -2.11. The minimum absolute atomic E-state index is 0.0718. The van der Waals surface area contributed by atoms with Gasteiger partial charge in [-0.2, -0.15) is 0 Å². The van der Waals surface area contributed by atoms with Crippen LogP contribution in [0, 0.1) is 5.82 Å². The summed E-state index contributed by atoms with van der Waals surface area (Å²) in [6.07, 6.45) is 0. The van der Waals surface area contributed by atoms with Crippen LogP contribution in [0.15, 0.2) is 51.8 Å². The number of aromatic carboxylic acids is 1. The van der Waals surface area contributed by atoms with Gasteiger partial charge >= 0.3 is 5.97 Å². The van der Waals surface area contributed by atoms with Crippen LogP contribution in [0.3, 0.4) is 0 Å². The van der Waals surface area contributed by atoms with Crippen LogP contribution in [0.2, 0.25) is 0 Å². The van der Waals surface area contributed by atoms with E-state index in [2.05, 4.69) is 20.7 Å². The van der Waals surface area contributed by atoms with Crippen molar-refractivity contribution in [3.8, 4) is 0 Å². The van der Waals surface area contributed by atoms with Gasteiger partial charge < -0.3 is 5.11 Å². The number of rotatable bonds is 4. The zero-order valence-electron chi connectivity index (χ0n) is 10.4. The fourth-order valence-electron chi connectivity index (χ4n) is 1.63. The Morgan fingerprint density at radius 1 is 1.19 bits per heavy atom. The predicted molar refractivity (Wildman–Crippen MR) is 78.3 cm³/mol. The molecule has 0 aliphatic carbocycles. The molecule has 2 rings (SSSR count). The minimum atomic E-state index is -4.02. The molecule has 21 heavy (non-hydrogen) atoms. The molecule has 2 aromatic rings. The fourth-order valence-corrected chi connectivity index (χ4v) is 3.29. The van der Waals surface area contributed by atoms with Crippen molar-refractivity contribution in [1.82, 2.24) is 0 Å². The Bertz CT molecular complexity index is 808. The number of halogens is 2. The highest BCUT2D eigenvalue weighted by molar-refractivity contribution is 9.10. The molecule has 0 spiro atoms. The molecular formula is C13H9BrFNO4S. The third-order valence-corrected chi connectivity index (χ3v) is 4.42. The van der Waals surface area contributed by atoms with Crippen LogP contribution < -0.4 is 4.72 Å². The molecule has 0 saturated carbocycles. The minimum Gasteiger partial charge on any atom is -0.478 e. The number of hydrogen-bond donors (Lipinski definition) is 2. The van der Waals surface area contributed by atoms with E-state index < -0.39 is 21.8 Å². The first-order chi connectivity index (χ1) is 9.79. The molecule has 2 aromatic carbocycles. The molecule has 110 valence electrons. The van der Waals surface area contributed by atoms with E-state index in [4.69, 9.17) is 5.11 Å². The van der Waals surface area contributed by atoms with E-state index in [-0.39, 0.29) is 16.1 Å². The van der Waals surface area contributed by atoms with E-state index in [0.29, 0.717) is 4.47 Å². The molecule has 0 atom stereocenters. The molecule has 0 amide bonds. The van der Waals surface area contributed by atoms with Crippen molar-refractivity contribution in [2.45, 2.75) is 4.90 Å². The van der Waals surface area contributed by atoms with Crippen LogP contribution in [-0.2, 0) is 10.0 Å². The number of nitrogens with one attached hydrogen (secondary N) is 1. The summed E-state index contributed by atoms with van der Waals surface area (Å²) in [5.74, 6) is -2.10. The first-order valence-corrected chi connectivity index (χ1v) is 7.88. The molecular weight excluding hydrogens is 365 g/mol. The summed E-state index contributed by atoms with van der Waals surface area (Å²) in [5, 5.41) is 9.00. The lowest BCUT2D eigenvalue weighted by molar-refractivity contribution is 0.0698. The highest BCUT2D eigenvalue weighted by Crippen LogP contribution is 2.23. The lowest BCUT2D eigenvalue weighted by atomic mass is 10.2. The summed E-state index contributed by atoms with van der Waals surface area (Å²) >= 11 is 3.14. The standard InChI is InChI=1S/C13H9BrFNO4S/c14-8-2-1-3-10(6-8)21(19,20)16-12-7-9(15)4-5-11(12)13(17)18/h1-7,16H,(H,17,18). The summed E-state index contributed by atoms with van der Waals surface area (Å²) in [7, 11) is -4.02. The highest BCUT2D eigenvalue weighted by atomic mass is 79.9. The summed E-state index contributed by atoms with van der Waals surface area (Å²) in [4.78, 5) is 11.0. The van der Waals surface area contributed by atoms with Crippen LogP contribution in [0.4, 0.5) is 10.1 Å². The Hall–Kier alpha value is -1.93. The van der Waals surface area contributed by atoms with Gasteiger partial charge in [-0.1, -0.05) is 22.0 Å². The first-order valence-electron chi connectivity index (χ1n) is 5.61. The topological polar surface area (TPSA) is 83.5 Å².